The fourth-order valence-corrected chi connectivity index (χ4v) is 2.79. The van der Waals surface area contributed by atoms with E-state index in [1.807, 2.05) is 64.1 Å². The lowest BCUT2D eigenvalue weighted by Crippen LogP contribution is -1.93. The quantitative estimate of drug-likeness (QED) is 0.426. The number of hydrogen-bond acceptors (Lipinski definition) is 0. The van der Waals surface area contributed by atoms with Crippen molar-refractivity contribution < 1.29 is 8.78 Å². The van der Waals surface area contributed by atoms with Crippen molar-refractivity contribution in [2.24, 2.45) is 0 Å². The van der Waals surface area contributed by atoms with Crippen LogP contribution in [0.2, 0.25) is 0 Å². The maximum atomic E-state index is 14.4. The van der Waals surface area contributed by atoms with Crippen LogP contribution in [0.25, 0.3) is 0 Å². The van der Waals surface area contributed by atoms with Crippen LogP contribution in [0.5, 0.6) is 0 Å². The Labute approximate surface area is 165 Å². The zero-order valence-electron chi connectivity index (χ0n) is 16.4. The fraction of sp³-hybridized carbons (Fsp3) is 0.154. The largest absolute Gasteiger partial charge is 0.205 e. The van der Waals surface area contributed by atoms with Crippen LogP contribution in [0.3, 0.4) is 0 Å². The fourth-order valence-electron chi connectivity index (χ4n) is 2.79. The summed E-state index contributed by atoms with van der Waals surface area (Å²) in [6.45, 7) is 8.02. The summed E-state index contributed by atoms with van der Waals surface area (Å²) in [5, 5.41) is 0. The van der Waals surface area contributed by atoms with E-state index in [0.717, 1.165) is 27.8 Å². The van der Waals surface area contributed by atoms with Crippen LogP contribution in [-0.4, -0.2) is 0 Å². The first-order valence-corrected chi connectivity index (χ1v) is 9.01. The maximum Gasteiger partial charge on any atom is 0.143 e. The third-order valence-corrected chi connectivity index (χ3v) is 4.70. The topological polar surface area (TPSA) is 0 Å². The first kappa shape index (κ1) is 19.4. The molecule has 0 unspecified atom stereocenters. The highest BCUT2D eigenvalue weighted by Crippen LogP contribution is 2.17. The SMILES string of the molecule is Cc1ccc(C#Cc2cc(F)c(C#Cc3cc(C)c(C)c(C)c3)c(F)c2)cc1. The van der Waals surface area contributed by atoms with E-state index in [0.29, 0.717) is 0 Å². The predicted molar refractivity (Wildman–Crippen MR) is 110 cm³/mol. The van der Waals surface area contributed by atoms with Gasteiger partial charge < -0.3 is 0 Å². The van der Waals surface area contributed by atoms with Gasteiger partial charge in [-0.2, -0.15) is 0 Å². The molecule has 0 radical (unpaired) electrons. The minimum absolute atomic E-state index is 0.239. The predicted octanol–water partition coefficient (Wildman–Crippen LogP) is 6.00. The van der Waals surface area contributed by atoms with E-state index in [4.69, 9.17) is 0 Å². The summed E-state index contributed by atoms with van der Waals surface area (Å²) in [6.07, 6.45) is 0. The Morgan fingerprint density at radius 2 is 1.04 bits per heavy atom. The molecule has 0 heterocycles. The number of hydrogen-bond donors (Lipinski definition) is 0. The molecule has 0 saturated heterocycles. The second-order valence-electron chi connectivity index (χ2n) is 6.92. The molecule has 2 heteroatoms. The lowest BCUT2D eigenvalue weighted by Gasteiger charge is -2.05. The van der Waals surface area contributed by atoms with Crippen LogP contribution in [0.4, 0.5) is 8.78 Å². The average molecular weight is 370 g/mol. The molecule has 0 N–H and O–H groups in total. The lowest BCUT2D eigenvalue weighted by atomic mass is 10.0. The molecule has 138 valence electrons. The summed E-state index contributed by atoms with van der Waals surface area (Å²) in [5.74, 6) is 9.81. The van der Waals surface area contributed by atoms with Crippen LogP contribution in [-0.2, 0) is 0 Å². The Balaban J connectivity index is 1.91. The monoisotopic (exact) mass is 370 g/mol. The third kappa shape index (κ3) is 4.48. The third-order valence-electron chi connectivity index (χ3n) is 4.70. The van der Waals surface area contributed by atoms with Crippen LogP contribution >= 0.6 is 0 Å². The van der Waals surface area contributed by atoms with Gasteiger partial charge in [-0.15, -0.1) is 0 Å². The minimum Gasteiger partial charge on any atom is -0.205 e. The molecule has 0 aliphatic carbocycles. The molecule has 0 fully saturated rings. The van der Waals surface area contributed by atoms with Gasteiger partial charge in [0.15, 0.2) is 0 Å². The number of benzene rings is 3. The van der Waals surface area contributed by atoms with Crippen molar-refractivity contribution in [1.82, 2.24) is 0 Å². The summed E-state index contributed by atoms with van der Waals surface area (Å²) in [7, 11) is 0. The van der Waals surface area contributed by atoms with E-state index >= 15 is 0 Å². The van der Waals surface area contributed by atoms with Crippen LogP contribution in [0, 0.1) is 63.0 Å². The van der Waals surface area contributed by atoms with Crippen molar-refractivity contribution in [3.63, 3.8) is 0 Å². The van der Waals surface area contributed by atoms with Gasteiger partial charge in [-0.1, -0.05) is 41.4 Å². The molecule has 0 aromatic heterocycles. The van der Waals surface area contributed by atoms with Gasteiger partial charge in [-0.3, -0.25) is 0 Å². The van der Waals surface area contributed by atoms with E-state index < -0.39 is 11.6 Å². The molecular formula is C26H20F2. The van der Waals surface area contributed by atoms with E-state index in [-0.39, 0.29) is 11.1 Å². The zero-order chi connectivity index (χ0) is 20.3. The first-order valence-electron chi connectivity index (χ1n) is 9.01. The highest BCUT2D eigenvalue weighted by molar-refractivity contribution is 5.51. The Hall–Kier alpha value is -3.36. The molecular weight excluding hydrogens is 350 g/mol. The first-order chi connectivity index (χ1) is 13.3. The highest BCUT2D eigenvalue weighted by atomic mass is 19.1. The molecule has 0 spiro atoms. The summed E-state index contributed by atoms with van der Waals surface area (Å²) in [4.78, 5) is 0. The zero-order valence-corrected chi connectivity index (χ0v) is 16.4. The van der Waals surface area contributed by atoms with Gasteiger partial charge in [-0.05, 0) is 80.8 Å². The van der Waals surface area contributed by atoms with Gasteiger partial charge in [0, 0.05) is 16.7 Å². The molecule has 0 bridgehead atoms. The highest BCUT2D eigenvalue weighted by Gasteiger charge is 2.08. The second-order valence-corrected chi connectivity index (χ2v) is 6.92. The van der Waals surface area contributed by atoms with Crippen LogP contribution in [0.15, 0.2) is 48.5 Å². The van der Waals surface area contributed by atoms with Gasteiger partial charge >= 0.3 is 0 Å². The number of halogens is 2. The molecule has 0 aliphatic heterocycles. The summed E-state index contributed by atoms with van der Waals surface area (Å²) in [5.41, 5.74) is 6.10. The van der Waals surface area contributed by atoms with Crippen LogP contribution < -0.4 is 0 Å². The average Bonchev–Trinajstić information content (AvgIpc) is 2.65. The molecule has 0 amide bonds. The van der Waals surface area contributed by atoms with Gasteiger partial charge in [-0.25, -0.2) is 8.78 Å². The molecule has 0 saturated carbocycles. The lowest BCUT2D eigenvalue weighted by molar-refractivity contribution is 0.577. The summed E-state index contributed by atoms with van der Waals surface area (Å²) < 4.78 is 28.8. The van der Waals surface area contributed by atoms with Gasteiger partial charge in [0.1, 0.15) is 11.6 Å². The van der Waals surface area contributed by atoms with Gasteiger partial charge in [0.05, 0.1) is 5.56 Å². The molecule has 3 rings (SSSR count). The van der Waals surface area contributed by atoms with Crippen molar-refractivity contribution in [2.45, 2.75) is 27.7 Å². The molecule has 3 aromatic carbocycles. The molecule has 0 aliphatic rings. The van der Waals surface area contributed by atoms with E-state index in [2.05, 4.69) is 23.7 Å². The van der Waals surface area contributed by atoms with Gasteiger partial charge in [0.25, 0.3) is 0 Å². The Morgan fingerprint density at radius 1 is 0.571 bits per heavy atom. The summed E-state index contributed by atoms with van der Waals surface area (Å²) >= 11 is 0. The van der Waals surface area contributed by atoms with Gasteiger partial charge in [0.2, 0.25) is 0 Å². The van der Waals surface area contributed by atoms with Crippen molar-refractivity contribution in [3.8, 4) is 23.7 Å². The van der Waals surface area contributed by atoms with E-state index in [1.54, 1.807) is 0 Å². The smallest absolute Gasteiger partial charge is 0.143 e. The van der Waals surface area contributed by atoms with E-state index in [9.17, 15) is 8.78 Å². The normalized spacial score (nSPS) is 9.93. The number of aryl methyl sites for hydroxylation is 3. The number of rotatable bonds is 0. The Bertz CT molecular complexity index is 1120. The van der Waals surface area contributed by atoms with E-state index in [1.165, 1.54) is 17.7 Å². The van der Waals surface area contributed by atoms with Crippen molar-refractivity contribution in [1.29, 1.82) is 0 Å². The van der Waals surface area contributed by atoms with Crippen molar-refractivity contribution >= 4 is 0 Å². The second kappa shape index (κ2) is 8.12. The Kier molecular flexibility index (Phi) is 5.62. The molecule has 3 aromatic rings. The minimum atomic E-state index is -0.707. The molecule has 0 atom stereocenters. The van der Waals surface area contributed by atoms with Crippen molar-refractivity contribution in [2.75, 3.05) is 0 Å². The van der Waals surface area contributed by atoms with Crippen LogP contribution in [0.1, 0.15) is 44.5 Å². The maximum absolute atomic E-state index is 14.4. The molecule has 28 heavy (non-hydrogen) atoms. The molecule has 0 nitrogen and oxygen atoms in total. The Morgan fingerprint density at radius 3 is 1.61 bits per heavy atom. The van der Waals surface area contributed by atoms with Crippen molar-refractivity contribution in [3.05, 3.63) is 105 Å². The summed E-state index contributed by atoms with van der Waals surface area (Å²) in [6, 6.07) is 13.9. The standard InChI is InChI=1S/C26H20F2/c1-17-5-7-21(8-6-17)9-10-23-15-25(27)24(26(28)16-23)12-11-22-13-18(2)20(4)19(3)14-22/h5-8,13-16H,1-4H3.